The molecule has 3 nitrogen and oxygen atoms in total. The fourth-order valence-electron chi connectivity index (χ4n) is 1.92. The molecule has 1 aromatic rings. The highest BCUT2D eigenvalue weighted by atomic mass is 32.1. The second-order valence-corrected chi connectivity index (χ2v) is 4.38. The van der Waals surface area contributed by atoms with Crippen LogP contribution >= 0.6 is 12.2 Å². The van der Waals surface area contributed by atoms with E-state index >= 15 is 0 Å². The number of carbonyl (C=O) groups excluding carboxylic acids is 1. The molecule has 0 bridgehead atoms. The summed E-state index contributed by atoms with van der Waals surface area (Å²) >= 11 is 5.29. The maximum atomic E-state index is 10.9. The van der Waals surface area contributed by atoms with Crippen molar-refractivity contribution in [2.45, 2.75) is 6.42 Å². The molecule has 4 heteroatoms. The van der Waals surface area contributed by atoms with E-state index in [1.165, 1.54) is 0 Å². The Hall–Kier alpha value is -2.25. The predicted molar refractivity (Wildman–Crippen MR) is 73.5 cm³/mol. The molecule has 2 rings (SSSR count). The molecule has 18 heavy (non-hydrogen) atoms. The molecule has 1 aromatic carbocycles. The SMILES string of the molecule is N#CC1=C(c2ccccc2)C(=S)CC(C=O)=C1N. The Morgan fingerprint density at radius 3 is 2.56 bits per heavy atom. The normalized spacial score (nSPS) is 15.6. The number of aldehydes is 1. The molecule has 88 valence electrons. The zero-order valence-electron chi connectivity index (χ0n) is 9.51. The highest BCUT2D eigenvalue weighted by Crippen LogP contribution is 2.31. The molecule has 0 saturated heterocycles. The summed E-state index contributed by atoms with van der Waals surface area (Å²) in [5.41, 5.74) is 8.27. The average Bonchev–Trinajstić information content (AvgIpc) is 2.41. The minimum absolute atomic E-state index is 0.236. The summed E-state index contributed by atoms with van der Waals surface area (Å²) in [6, 6.07) is 11.4. The molecule has 0 aromatic heterocycles. The van der Waals surface area contributed by atoms with Crippen molar-refractivity contribution in [1.82, 2.24) is 0 Å². The van der Waals surface area contributed by atoms with Crippen molar-refractivity contribution in [3.8, 4) is 6.07 Å². The number of thiocarbonyl (C=S) groups is 1. The molecule has 0 saturated carbocycles. The van der Waals surface area contributed by atoms with Gasteiger partial charge >= 0.3 is 0 Å². The lowest BCUT2D eigenvalue weighted by Gasteiger charge is -2.19. The van der Waals surface area contributed by atoms with Crippen LogP contribution in [-0.4, -0.2) is 11.2 Å². The zero-order chi connectivity index (χ0) is 13.1. The number of nitriles is 1. The van der Waals surface area contributed by atoms with Gasteiger partial charge in [0.25, 0.3) is 0 Å². The Labute approximate surface area is 110 Å². The lowest BCUT2D eigenvalue weighted by atomic mass is 9.86. The van der Waals surface area contributed by atoms with Crippen molar-refractivity contribution in [3.63, 3.8) is 0 Å². The molecular formula is C14H10N2OS. The summed E-state index contributed by atoms with van der Waals surface area (Å²) in [5.74, 6) is 0. The lowest BCUT2D eigenvalue weighted by Crippen LogP contribution is -2.18. The Morgan fingerprint density at radius 1 is 1.33 bits per heavy atom. The largest absolute Gasteiger partial charge is 0.397 e. The Kier molecular flexibility index (Phi) is 3.35. The van der Waals surface area contributed by atoms with E-state index in [9.17, 15) is 10.1 Å². The van der Waals surface area contributed by atoms with Gasteiger partial charge in [-0.15, -0.1) is 0 Å². The lowest BCUT2D eigenvalue weighted by molar-refractivity contribution is -0.105. The third kappa shape index (κ3) is 1.96. The van der Waals surface area contributed by atoms with Gasteiger partial charge in [0.2, 0.25) is 0 Å². The third-order valence-corrected chi connectivity index (χ3v) is 3.16. The van der Waals surface area contributed by atoms with Crippen molar-refractivity contribution in [3.05, 3.63) is 52.7 Å². The smallest absolute Gasteiger partial charge is 0.148 e. The number of carbonyl (C=O) groups is 1. The first-order valence-electron chi connectivity index (χ1n) is 5.36. The van der Waals surface area contributed by atoms with Crippen LogP contribution in [0.15, 0.2) is 47.2 Å². The maximum Gasteiger partial charge on any atom is 0.148 e. The molecule has 0 fully saturated rings. The summed E-state index contributed by atoms with van der Waals surface area (Å²) < 4.78 is 0. The molecule has 0 spiro atoms. The standard InChI is InChI=1S/C14H10N2OS/c15-7-11-13(9-4-2-1-3-5-9)12(18)6-10(8-17)14(11)16/h1-5,8H,6,16H2. The third-order valence-electron chi connectivity index (χ3n) is 2.81. The number of nitrogens with zero attached hydrogens (tertiary/aromatic N) is 1. The van der Waals surface area contributed by atoms with Gasteiger partial charge in [-0.3, -0.25) is 4.79 Å². The number of hydrogen-bond acceptors (Lipinski definition) is 4. The Morgan fingerprint density at radius 2 is 2.00 bits per heavy atom. The fraction of sp³-hybridized carbons (Fsp3) is 0.0714. The van der Waals surface area contributed by atoms with E-state index in [0.29, 0.717) is 34.3 Å². The summed E-state index contributed by atoms with van der Waals surface area (Å²) in [6.07, 6.45) is 0.987. The fourth-order valence-corrected chi connectivity index (χ4v) is 2.30. The van der Waals surface area contributed by atoms with Crippen LogP contribution in [0, 0.1) is 11.3 Å². The molecule has 0 amide bonds. The summed E-state index contributed by atoms with van der Waals surface area (Å²) in [5, 5.41) is 9.23. The maximum absolute atomic E-state index is 10.9. The first kappa shape index (κ1) is 12.2. The van der Waals surface area contributed by atoms with E-state index in [1.54, 1.807) is 0 Å². The highest BCUT2D eigenvalue weighted by Gasteiger charge is 2.24. The molecule has 1 aliphatic rings. The van der Waals surface area contributed by atoms with Crippen molar-refractivity contribution in [2.75, 3.05) is 0 Å². The first-order chi connectivity index (χ1) is 8.69. The van der Waals surface area contributed by atoms with Crippen molar-refractivity contribution >= 4 is 28.9 Å². The van der Waals surface area contributed by atoms with Crippen LogP contribution in [0.3, 0.4) is 0 Å². The molecule has 1 aliphatic carbocycles. The quantitative estimate of drug-likeness (QED) is 0.648. The first-order valence-corrected chi connectivity index (χ1v) is 5.77. The van der Waals surface area contributed by atoms with Gasteiger partial charge in [-0.2, -0.15) is 5.26 Å². The second kappa shape index (κ2) is 4.94. The highest BCUT2D eigenvalue weighted by molar-refractivity contribution is 7.81. The van der Waals surface area contributed by atoms with Gasteiger partial charge in [0.1, 0.15) is 12.4 Å². The van der Waals surface area contributed by atoms with Crippen LogP contribution in [0.25, 0.3) is 5.57 Å². The number of hydrogen-bond donors (Lipinski definition) is 1. The van der Waals surface area contributed by atoms with Gasteiger partial charge in [-0.1, -0.05) is 42.5 Å². The molecule has 0 atom stereocenters. The van der Waals surface area contributed by atoms with E-state index in [2.05, 4.69) is 0 Å². The summed E-state index contributed by atoms with van der Waals surface area (Å²) in [7, 11) is 0. The second-order valence-electron chi connectivity index (χ2n) is 3.88. The molecule has 0 aliphatic heterocycles. The number of rotatable bonds is 2. The van der Waals surface area contributed by atoms with Gasteiger partial charge in [0.15, 0.2) is 0 Å². The zero-order valence-corrected chi connectivity index (χ0v) is 10.3. The van der Waals surface area contributed by atoms with Gasteiger partial charge in [0, 0.05) is 22.4 Å². The Bertz CT molecular complexity index is 621. The van der Waals surface area contributed by atoms with Crippen molar-refractivity contribution in [1.29, 1.82) is 5.26 Å². The number of benzene rings is 1. The minimum Gasteiger partial charge on any atom is -0.397 e. The topological polar surface area (TPSA) is 66.9 Å². The van der Waals surface area contributed by atoms with Crippen molar-refractivity contribution in [2.24, 2.45) is 5.73 Å². The van der Waals surface area contributed by atoms with Crippen LogP contribution in [0.4, 0.5) is 0 Å². The van der Waals surface area contributed by atoms with Crippen LogP contribution in [-0.2, 0) is 4.79 Å². The predicted octanol–water partition coefficient (Wildman–Crippen LogP) is 2.15. The molecular weight excluding hydrogens is 244 g/mol. The van der Waals surface area contributed by atoms with E-state index in [-0.39, 0.29) is 5.70 Å². The van der Waals surface area contributed by atoms with Crippen LogP contribution in [0.1, 0.15) is 12.0 Å². The van der Waals surface area contributed by atoms with E-state index < -0.39 is 0 Å². The van der Waals surface area contributed by atoms with Crippen molar-refractivity contribution < 1.29 is 4.79 Å². The number of nitrogens with two attached hydrogens (primary N) is 1. The van der Waals surface area contributed by atoms with E-state index in [4.69, 9.17) is 18.0 Å². The summed E-state index contributed by atoms with van der Waals surface area (Å²) in [4.78, 5) is 11.5. The van der Waals surface area contributed by atoms with Crippen LogP contribution in [0.5, 0.6) is 0 Å². The van der Waals surface area contributed by atoms with Crippen LogP contribution in [0.2, 0.25) is 0 Å². The van der Waals surface area contributed by atoms with Crippen LogP contribution < -0.4 is 5.73 Å². The van der Waals surface area contributed by atoms with Gasteiger partial charge in [-0.05, 0) is 5.56 Å². The molecule has 0 unspecified atom stereocenters. The van der Waals surface area contributed by atoms with E-state index in [0.717, 1.165) is 5.56 Å². The summed E-state index contributed by atoms with van der Waals surface area (Å²) in [6.45, 7) is 0. The monoisotopic (exact) mass is 254 g/mol. The van der Waals surface area contributed by atoms with Gasteiger partial charge in [-0.25, -0.2) is 0 Å². The number of allylic oxidation sites excluding steroid dienone is 3. The molecule has 2 N–H and O–H groups in total. The van der Waals surface area contributed by atoms with Gasteiger partial charge < -0.3 is 5.73 Å². The molecule has 0 radical (unpaired) electrons. The Balaban J connectivity index is 2.70. The van der Waals surface area contributed by atoms with Gasteiger partial charge in [0.05, 0.1) is 11.3 Å². The van der Waals surface area contributed by atoms with E-state index in [1.807, 2.05) is 36.4 Å². The molecule has 0 heterocycles. The average molecular weight is 254 g/mol. The minimum atomic E-state index is 0.236.